The van der Waals surface area contributed by atoms with Crippen molar-refractivity contribution in [2.45, 2.75) is 32.7 Å². The normalized spacial score (nSPS) is 47.7. The molecule has 1 aliphatic heterocycles. The highest BCUT2D eigenvalue weighted by molar-refractivity contribution is 7.99. The summed E-state index contributed by atoms with van der Waals surface area (Å²) >= 11 is 2.09. The molecular formula is C9H17NS. The zero-order valence-corrected chi connectivity index (χ0v) is 8.21. The first-order chi connectivity index (χ1) is 5.08. The maximum absolute atomic E-state index is 5.99. The molecule has 2 rings (SSSR count). The van der Waals surface area contributed by atoms with Crippen LogP contribution in [0.5, 0.6) is 0 Å². The van der Waals surface area contributed by atoms with Gasteiger partial charge in [0.05, 0.1) is 0 Å². The van der Waals surface area contributed by atoms with Crippen LogP contribution in [0.2, 0.25) is 0 Å². The van der Waals surface area contributed by atoms with Gasteiger partial charge in [-0.1, -0.05) is 13.8 Å². The van der Waals surface area contributed by atoms with E-state index < -0.39 is 0 Å². The first-order valence-corrected chi connectivity index (χ1v) is 5.57. The Morgan fingerprint density at radius 3 is 2.45 bits per heavy atom. The van der Waals surface area contributed by atoms with Crippen molar-refractivity contribution in [3.63, 3.8) is 0 Å². The molecule has 0 radical (unpaired) electrons. The van der Waals surface area contributed by atoms with Gasteiger partial charge in [0, 0.05) is 17.2 Å². The van der Waals surface area contributed by atoms with E-state index in [4.69, 9.17) is 5.73 Å². The fourth-order valence-corrected chi connectivity index (χ4v) is 4.19. The highest BCUT2D eigenvalue weighted by atomic mass is 32.2. The molecule has 2 unspecified atom stereocenters. The van der Waals surface area contributed by atoms with E-state index in [1.807, 2.05) is 0 Å². The molecule has 2 heteroatoms. The summed E-state index contributed by atoms with van der Waals surface area (Å²) in [6.07, 6.45) is 2.62. The lowest BCUT2D eigenvalue weighted by atomic mass is 9.74. The molecule has 1 spiro atoms. The van der Waals surface area contributed by atoms with E-state index in [1.165, 1.54) is 24.3 Å². The molecular weight excluding hydrogens is 154 g/mol. The second-order valence-corrected chi connectivity index (χ2v) is 5.76. The maximum Gasteiger partial charge on any atom is 0.0116 e. The largest absolute Gasteiger partial charge is 0.327 e. The minimum atomic E-state index is 0.505. The Hall–Kier alpha value is 0.310. The number of hydrogen-bond donors (Lipinski definition) is 1. The SMILES string of the molecule is CC1(C)CCSCC12CC2N. The molecule has 11 heavy (non-hydrogen) atoms. The van der Waals surface area contributed by atoms with Gasteiger partial charge in [-0.3, -0.25) is 0 Å². The third-order valence-electron chi connectivity index (χ3n) is 3.71. The summed E-state index contributed by atoms with van der Waals surface area (Å²) in [5.74, 6) is 2.64. The van der Waals surface area contributed by atoms with Crippen molar-refractivity contribution >= 4 is 11.8 Å². The average molecular weight is 171 g/mol. The number of thioether (sulfide) groups is 1. The predicted molar refractivity (Wildman–Crippen MR) is 50.7 cm³/mol. The highest BCUT2D eigenvalue weighted by Gasteiger charge is 2.61. The van der Waals surface area contributed by atoms with Gasteiger partial charge in [0.25, 0.3) is 0 Å². The van der Waals surface area contributed by atoms with E-state index in [0.717, 1.165) is 0 Å². The van der Waals surface area contributed by atoms with Crippen LogP contribution in [0.4, 0.5) is 0 Å². The summed E-state index contributed by atoms with van der Waals surface area (Å²) in [6, 6.07) is 0.505. The Balaban J connectivity index is 2.18. The molecule has 1 saturated heterocycles. The third-order valence-corrected chi connectivity index (χ3v) is 4.92. The number of rotatable bonds is 0. The van der Waals surface area contributed by atoms with E-state index in [0.29, 0.717) is 16.9 Å². The van der Waals surface area contributed by atoms with Crippen molar-refractivity contribution < 1.29 is 0 Å². The molecule has 0 amide bonds. The van der Waals surface area contributed by atoms with E-state index >= 15 is 0 Å². The topological polar surface area (TPSA) is 26.0 Å². The van der Waals surface area contributed by atoms with Crippen molar-refractivity contribution in [1.29, 1.82) is 0 Å². The van der Waals surface area contributed by atoms with Crippen LogP contribution < -0.4 is 5.73 Å². The number of hydrogen-bond acceptors (Lipinski definition) is 2. The Bertz CT molecular complexity index is 178. The quantitative estimate of drug-likeness (QED) is 0.602. The molecule has 64 valence electrons. The Kier molecular flexibility index (Phi) is 1.56. The summed E-state index contributed by atoms with van der Waals surface area (Å²) in [5.41, 5.74) is 7.03. The Morgan fingerprint density at radius 1 is 1.45 bits per heavy atom. The molecule has 2 atom stereocenters. The summed E-state index contributed by atoms with van der Waals surface area (Å²) in [7, 11) is 0. The second kappa shape index (κ2) is 2.17. The van der Waals surface area contributed by atoms with E-state index in [9.17, 15) is 0 Å². The monoisotopic (exact) mass is 171 g/mol. The summed E-state index contributed by atoms with van der Waals surface area (Å²) in [5, 5.41) is 0. The van der Waals surface area contributed by atoms with Crippen molar-refractivity contribution in [2.75, 3.05) is 11.5 Å². The van der Waals surface area contributed by atoms with Gasteiger partial charge in [0.1, 0.15) is 0 Å². The van der Waals surface area contributed by atoms with Crippen molar-refractivity contribution in [3.8, 4) is 0 Å². The van der Waals surface area contributed by atoms with E-state index in [-0.39, 0.29) is 0 Å². The van der Waals surface area contributed by atoms with Gasteiger partial charge in [-0.2, -0.15) is 11.8 Å². The predicted octanol–water partition coefficient (Wildman–Crippen LogP) is 1.87. The first-order valence-electron chi connectivity index (χ1n) is 4.42. The van der Waals surface area contributed by atoms with Crippen LogP contribution in [0.3, 0.4) is 0 Å². The summed E-state index contributed by atoms with van der Waals surface area (Å²) in [4.78, 5) is 0. The highest BCUT2D eigenvalue weighted by Crippen LogP contribution is 2.62. The fraction of sp³-hybridized carbons (Fsp3) is 1.00. The van der Waals surface area contributed by atoms with Crippen LogP contribution in [0, 0.1) is 10.8 Å². The van der Waals surface area contributed by atoms with Gasteiger partial charge in [0.2, 0.25) is 0 Å². The zero-order chi connectivity index (χ0) is 8.11. The second-order valence-electron chi connectivity index (χ2n) is 4.65. The lowest BCUT2D eigenvalue weighted by Crippen LogP contribution is -2.37. The van der Waals surface area contributed by atoms with Crippen LogP contribution in [0.25, 0.3) is 0 Å². The van der Waals surface area contributed by atoms with Crippen molar-refractivity contribution in [2.24, 2.45) is 16.6 Å². The summed E-state index contributed by atoms with van der Waals surface area (Å²) in [6.45, 7) is 4.78. The Morgan fingerprint density at radius 2 is 2.09 bits per heavy atom. The average Bonchev–Trinajstić information content (AvgIpc) is 2.54. The maximum atomic E-state index is 5.99. The van der Waals surface area contributed by atoms with Crippen LogP contribution in [0.1, 0.15) is 26.7 Å². The Labute approximate surface area is 73.1 Å². The van der Waals surface area contributed by atoms with E-state index in [2.05, 4.69) is 25.6 Å². The minimum absolute atomic E-state index is 0.505. The summed E-state index contributed by atoms with van der Waals surface area (Å²) < 4.78 is 0. The standard InChI is InChI=1S/C9H17NS/c1-8(2)3-4-11-6-9(8)5-7(9)10/h7H,3-6,10H2,1-2H3. The number of nitrogens with two attached hydrogens (primary N) is 1. The first kappa shape index (κ1) is 7.93. The van der Waals surface area contributed by atoms with Crippen LogP contribution in [-0.2, 0) is 0 Å². The van der Waals surface area contributed by atoms with Gasteiger partial charge >= 0.3 is 0 Å². The van der Waals surface area contributed by atoms with Crippen molar-refractivity contribution in [3.05, 3.63) is 0 Å². The minimum Gasteiger partial charge on any atom is -0.327 e. The molecule has 0 aromatic heterocycles. The molecule has 1 heterocycles. The van der Waals surface area contributed by atoms with Gasteiger partial charge < -0.3 is 5.73 Å². The van der Waals surface area contributed by atoms with Gasteiger partial charge in [-0.05, 0) is 24.0 Å². The molecule has 0 aromatic rings. The fourth-order valence-electron chi connectivity index (χ4n) is 2.30. The van der Waals surface area contributed by atoms with Gasteiger partial charge in [-0.15, -0.1) is 0 Å². The lowest BCUT2D eigenvalue weighted by molar-refractivity contribution is 0.190. The lowest BCUT2D eigenvalue weighted by Gasteiger charge is -2.39. The molecule has 1 saturated carbocycles. The molecule has 0 aromatic carbocycles. The molecule has 2 aliphatic rings. The van der Waals surface area contributed by atoms with Gasteiger partial charge in [-0.25, -0.2) is 0 Å². The smallest absolute Gasteiger partial charge is 0.0116 e. The molecule has 2 N–H and O–H groups in total. The third kappa shape index (κ3) is 0.955. The zero-order valence-electron chi connectivity index (χ0n) is 7.39. The molecule has 1 nitrogen and oxygen atoms in total. The van der Waals surface area contributed by atoms with Gasteiger partial charge in [0.15, 0.2) is 0 Å². The molecule has 1 aliphatic carbocycles. The van der Waals surface area contributed by atoms with Crippen LogP contribution in [0.15, 0.2) is 0 Å². The van der Waals surface area contributed by atoms with Crippen molar-refractivity contribution in [1.82, 2.24) is 0 Å². The van der Waals surface area contributed by atoms with Crippen LogP contribution >= 0.6 is 11.8 Å². The van der Waals surface area contributed by atoms with E-state index in [1.54, 1.807) is 0 Å². The molecule has 0 bridgehead atoms. The van der Waals surface area contributed by atoms with Crippen LogP contribution in [-0.4, -0.2) is 17.5 Å². The molecule has 2 fully saturated rings.